The summed E-state index contributed by atoms with van der Waals surface area (Å²) in [4.78, 5) is 13.4. The van der Waals surface area contributed by atoms with Gasteiger partial charge in [-0.3, -0.25) is 4.79 Å². The fraction of sp³-hybridized carbons (Fsp3) is 0.308. The van der Waals surface area contributed by atoms with Gasteiger partial charge in [-0.25, -0.2) is 0 Å². The summed E-state index contributed by atoms with van der Waals surface area (Å²) in [6, 6.07) is 5.34. The summed E-state index contributed by atoms with van der Waals surface area (Å²) in [6.07, 6.45) is 3.63. The molecule has 0 aliphatic carbocycles. The highest BCUT2D eigenvalue weighted by Crippen LogP contribution is 2.25. The first-order valence-corrected chi connectivity index (χ1v) is 5.60. The molecule has 0 aromatic heterocycles. The Morgan fingerprint density at radius 2 is 2.18 bits per heavy atom. The van der Waals surface area contributed by atoms with Gasteiger partial charge in [0.05, 0.1) is 12.1 Å². The number of benzene rings is 1. The van der Waals surface area contributed by atoms with E-state index >= 15 is 0 Å². The Morgan fingerprint density at radius 3 is 2.76 bits per heavy atom. The first-order chi connectivity index (χ1) is 8.02. The van der Waals surface area contributed by atoms with E-state index in [0.29, 0.717) is 17.2 Å². The number of hydrogen-bond acceptors (Lipinski definition) is 3. The summed E-state index contributed by atoms with van der Waals surface area (Å²) in [5.41, 5.74) is 0.889. The Balaban J connectivity index is 2.72. The van der Waals surface area contributed by atoms with E-state index in [2.05, 4.69) is 0 Å². The van der Waals surface area contributed by atoms with Gasteiger partial charge in [-0.05, 0) is 23.8 Å². The third-order valence-electron chi connectivity index (χ3n) is 2.15. The standard InChI is InChI=1S/C13H16ClNO2/c1-15(2)7-6-11(16)8-10-4-5-12(14)13(9-10)17-3/h4-7,9H,8H2,1-3H3. The number of methoxy groups -OCH3 is 1. The van der Waals surface area contributed by atoms with E-state index in [1.165, 1.54) is 0 Å². The molecule has 0 aliphatic rings. The zero-order chi connectivity index (χ0) is 12.8. The van der Waals surface area contributed by atoms with Crippen molar-refractivity contribution in [2.24, 2.45) is 0 Å². The van der Waals surface area contributed by atoms with Crippen LogP contribution in [0.25, 0.3) is 0 Å². The average Bonchev–Trinajstić information content (AvgIpc) is 2.29. The van der Waals surface area contributed by atoms with Gasteiger partial charge in [0.25, 0.3) is 0 Å². The Hall–Kier alpha value is -1.48. The average molecular weight is 254 g/mol. The smallest absolute Gasteiger partial charge is 0.161 e. The van der Waals surface area contributed by atoms with E-state index in [1.54, 1.807) is 31.5 Å². The molecule has 0 heterocycles. The number of nitrogens with zero attached hydrogens (tertiary/aromatic N) is 1. The zero-order valence-electron chi connectivity index (χ0n) is 10.2. The molecule has 4 heteroatoms. The minimum atomic E-state index is 0.0445. The van der Waals surface area contributed by atoms with E-state index in [0.717, 1.165) is 5.56 Å². The van der Waals surface area contributed by atoms with Gasteiger partial charge in [0.15, 0.2) is 5.78 Å². The highest BCUT2D eigenvalue weighted by atomic mass is 35.5. The van der Waals surface area contributed by atoms with Crippen LogP contribution in [0.5, 0.6) is 5.75 Å². The fourth-order valence-corrected chi connectivity index (χ4v) is 1.50. The molecule has 0 atom stereocenters. The first kappa shape index (κ1) is 13.6. The second-order valence-corrected chi connectivity index (χ2v) is 4.30. The van der Waals surface area contributed by atoms with Gasteiger partial charge in [0.1, 0.15) is 5.75 Å². The molecule has 0 saturated carbocycles. The van der Waals surface area contributed by atoms with Gasteiger partial charge in [-0.1, -0.05) is 17.7 Å². The van der Waals surface area contributed by atoms with Gasteiger partial charge in [-0.15, -0.1) is 0 Å². The molecule has 3 nitrogen and oxygen atoms in total. The van der Waals surface area contributed by atoms with Gasteiger partial charge in [0.2, 0.25) is 0 Å². The number of carbonyl (C=O) groups excluding carboxylic acids is 1. The lowest BCUT2D eigenvalue weighted by atomic mass is 10.1. The van der Waals surface area contributed by atoms with E-state index in [9.17, 15) is 4.79 Å². The molecule has 0 N–H and O–H groups in total. The van der Waals surface area contributed by atoms with E-state index in [4.69, 9.17) is 16.3 Å². The van der Waals surface area contributed by atoms with Gasteiger partial charge in [-0.2, -0.15) is 0 Å². The minimum absolute atomic E-state index is 0.0445. The van der Waals surface area contributed by atoms with Crippen LogP contribution >= 0.6 is 11.6 Å². The summed E-state index contributed by atoms with van der Waals surface area (Å²) in [5, 5.41) is 0.549. The Bertz CT molecular complexity index is 427. The lowest BCUT2D eigenvalue weighted by Gasteiger charge is -2.06. The maximum absolute atomic E-state index is 11.6. The van der Waals surface area contributed by atoms with Crippen molar-refractivity contribution in [2.45, 2.75) is 6.42 Å². The predicted molar refractivity (Wildman–Crippen MR) is 69.5 cm³/mol. The summed E-state index contributed by atoms with van der Waals surface area (Å²) in [6.45, 7) is 0. The number of halogens is 1. The lowest BCUT2D eigenvalue weighted by molar-refractivity contribution is -0.114. The quantitative estimate of drug-likeness (QED) is 0.756. The van der Waals surface area contributed by atoms with Crippen molar-refractivity contribution in [3.63, 3.8) is 0 Å². The molecule has 1 aromatic carbocycles. The van der Waals surface area contributed by atoms with Crippen molar-refractivity contribution in [3.8, 4) is 5.75 Å². The van der Waals surface area contributed by atoms with Gasteiger partial charge in [0, 0.05) is 26.7 Å². The van der Waals surface area contributed by atoms with E-state index < -0.39 is 0 Å². The molecule has 17 heavy (non-hydrogen) atoms. The molecule has 0 fully saturated rings. The van der Waals surface area contributed by atoms with Crippen LogP contribution in [0.15, 0.2) is 30.5 Å². The summed E-state index contributed by atoms with van der Waals surface area (Å²) >= 11 is 5.91. The Morgan fingerprint density at radius 1 is 1.47 bits per heavy atom. The number of allylic oxidation sites excluding steroid dienone is 1. The number of hydrogen-bond donors (Lipinski definition) is 0. The summed E-state index contributed by atoms with van der Waals surface area (Å²) < 4.78 is 5.10. The molecule has 0 amide bonds. The van der Waals surface area contributed by atoms with E-state index in [1.807, 2.05) is 25.1 Å². The van der Waals surface area contributed by atoms with Crippen LogP contribution in [0.2, 0.25) is 5.02 Å². The molecule has 0 bridgehead atoms. The van der Waals surface area contributed by atoms with Crippen molar-refractivity contribution >= 4 is 17.4 Å². The first-order valence-electron chi connectivity index (χ1n) is 5.23. The third kappa shape index (κ3) is 4.49. The van der Waals surface area contributed by atoms with Crippen molar-refractivity contribution in [3.05, 3.63) is 41.1 Å². The zero-order valence-corrected chi connectivity index (χ0v) is 11.0. The Kier molecular flexibility index (Phi) is 5.04. The number of rotatable bonds is 5. The molecule has 0 radical (unpaired) electrons. The normalized spacial score (nSPS) is 10.6. The predicted octanol–water partition coefficient (Wildman–Crippen LogP) is 2.54. The fourth-order valence-electron chi connectivity index (χ4n) is 1.31. The molecule has 0 unspecified atom stereocenters. The Labute approximate surface area is 107 Å². The molecule has 1 aromatic rings. The molecule has 92 valence electrons. The van der Waals surface area contributed by atoms with Gasteiger partial charge >= 0.3 is 0 Å². The lowest BCUT2D eigenvalue weighted by Crippen LogP contribution is -2.04. The maximum Gasteiger partial charge on any atom is 0.161 e. The highest BCUT2D eigenvalue weighted by molar-refractivity contribution is 6.32. The van der Waals surface area contributed by atoms with Crippen LogP contribution in [0.1, 0.15) is 5.56 Å². The molecular weight excluding hydrogens is 238 g/mol. The summed E-state index contributed by atoms with van der Waals surface area (Å²) in [5.74, 6) is 0.636. The molecular formula is C13H16ClNO2. The van der Waals surface area contributed by atoms with Crippen LogP contribution in [0.3, 0.4) is 0 Å². The van der Waals surface area contributed by atoms with Crippen LogP contribution in [-0.2, 0) is 11.2 Å². The van der Waals surface area contributed by atoms with Gasteiger partial charge < -0.3 is 9.64 Å². The van der Waals surface area contributed by atoms with Crippen molar-refractivity contribution in [1.29, 1.82) is 0 Å². The SMILES string of the molecule is COc1cc(CC(=O)C=CN(C)C)ccc1Cl. The second-order valence-electron chi connectivity index (χ2n) is 3.89. The molecule has 0 saturated heterocycles. The van der Waals surface area contributed by atoms with Crippen molar-refractivity contribution < 1.29 is 9.53 Å². The summed E-state index contributed by atoms with van der Waals surface area (Å²) in [7, 11) is 5.29. The second kappa shape index (κ2) is 6.30. The topological polar surface area (TPSA) is 29.5 Å². The van der Waals surface area contributed by atoms with Crippen molar-refractivity contribution in [1.82, 2.24) is 4.90 Å². The number of carbonyl (C=O) groups is 1. The van der Waals surface area contributed by atoms with E-state index in [-0.39, 0.29) is 5.78 Å². The van der Waals surface area contributed by atoms with Crippen LogP contribution < -0.4 is 4.74 Å². The highest BCUT2D eigenvalue weighted by Gasteiger charge is 2.04. The van der Waals surface area contributed by atoms with Crippen molar-refractivity contribution in [2.75, 3.05) is 21.2 Å². The third-order valence-corrected chi connectivity index (χ3v) is 2.46. The number of ether oxygens (including phenoxy) is 1. The van der Waals surface area contributed by atoms with Crippen LogP contribution in [-0.4, -0.2) is 31.9 Å². The minimum Gasteiger partial charge on any atom is -0.495 e. The monoisotopic (exact) mass is 253 g/mol. The maximum atomic E-state index is 11.6. The molecule has 0 aliphatic heterocycles. The van der Waals surface area contributed by atoms with Crippen LogP contribution in [0.4, 0.5) is 0 Å². The largest absolute Gasteiger partial charge is 0.495 e. The molecule has 0 spiro atoms. The van der Waals surface area contributed by atoms with Crippen LogP contribution in [0, 0.1) is 0 Å². The molecule has 1 rings (SSSR count). The number of ketones is 1.